The average molecular weight is 253 g/mol. The van der Waals surface area contributed by atoms with Crippen LogP contribution in [0.25, 0.3) is 0 Å². The van der Waals surface area contributed by atoms with E-state index in [-0.39, 0.29) is 5.69 Å². The van der Waals surface area contributed by atoms with Gasteiger partial charge in [0, 0.05) is 25.3 Å². The van der Waals surface area contributed by atoms with Crippen molar-refractivity contribution in [2.24, 2.45) is 5.92 Å². The molecule has 1 aliphatic heterocycles. The van der Waals surface area contributed by atoms with E-state index >= 15 is 0 Å². The summed E-state index contributed by atoms with van der Waals surface area (Å²) in [7, 11) is 0. The Kier molecular flexibility index (Phi) is 4.33. The van der Waals surface area contributed by atoms with E-state index in [1.807, 2.05) is 0 Å². The van der Waals surface area contributed by atoms with Gasteiger partial charge in [-0.05, 0) is 18.8 Å². The first-order chi connectivity index (χ1) is 8.72. The summed E-state index contributed by atoms with van der Waals surface area (Å²) < 4.78 is 5.61. The number of hydrogen-bond donors (Lipinski definition) is 3. The molecule has 100 valence electrons. The number of carbonyl (C=O) groups is 1. The number of nitrogens with one attached hydrogen (secondary N) is 2. The molecule has 3 N–H and O–H groups in total. The second-order valence-electron chi connectivity index (χ2n) is 4.57. The molecule has 1 fully saturated rings. The predicted molar refractivity (Wildman–Crippen MR) is 65.4 cm³/mol. The lowest BCUT2D eigenvalue weighted by atomic mass is 9.99. The molecule has 2 unspecified atom stereocenters. The molecule has 0 spiro atoms. The van der Waals surface area contributed by atoms with Crippen molar-refractivity contribution in [1.82, 2.24) is 15.5 Å². The molecule has 1 aliphatic rings. The molecule has 6 nitrogen and oxygen atoms in total. The van der Waals surface area contributed by atoms with Gasteiger partial charge in [0.2, 0.25) is 0 Å². The van der Waals surface area contributed by atoms with E-state index in [9.17, 15) is 4.79 Å². The van der Waals surface area contributed by atoms with Gasteiger partial charge in [-0.25, -0.2) is 4.79 Å². The van der Waals surface area contributed by atoms with Crippen LogP contribution in [0.3, 0.4) is 0 Å². The van der Waals surface area contributed by atoms with Crippen LogP contribution in [0.1, 0.15) is 35.8 Å². The number of aromatic amines is 1. The van der Waals surface area contributed by atoms with E-state index in [0.717, 1.165) is 26.0 Å². The van der Waals surface area contributed by atoms with Gasteiger partial charge in [-0.3, -0.25) is 5.10 Å². The molecule has 0 amide bonds. The summed E-state index contributed by atoms with van der Waals surface area (Å²) in [4.78, 5) is 10.9. The lowest BCUT2D eigenvalue weighted by molar-refractivity contribution is 0.0688. The highest BCUT2D eigenvalue weighted by Gasteiger charge is 2.26. The van der Waals surface area contributed by atoms with Gasteiger partial charge in [-0.1, -0.05) is 6.92 Å². The van der Waals surface area contributed by atoms with Gasteiger partial charge >= 0.3 is 5.97 Å². The number of rotatable bonds is 6. The van der Waals surface area contributed by atoms with E-state index in [2.05, 4.69) is 22.4 Å². The minimum Gasteiger partial charge on any atom is -0.477 e. The molecule has 0 aromatic carbocycles. The molecule has 1 saturated heterocycles. The number of nitrogens with zero attached hydrogens (tertiary/aromatic N) is 1. The van der Waals surface area contributed by atoms with Gasteiger partial charge in [-0.2, -0.15) is 5.10 Å². The van der Waals surface area contributed by atoms with Gasteiger partial charge in [0.05, 0.1) is 12.3 Å². The first kappa shape index (κ1) is 13.0. The van der Waals surface area contributed by atoms with Crippen LogP contribution in [-0.2, 0) is 11.3 Å². The van der Waals surface area contributed by atoms with Crippen molar-refractivity contribution in [3.63, 3.8) is 0 Å². The number of hydrogen-bond acceptors (Lipinski definition) is 4. The third-order valence-electron chi connectivity index (χ3n) is 3.40. The Bertz CT molecular complexity index is 405. The molecular weight excluding hydrogens is 234 g/mol. The molecule has 0 saturated carbocycles. The molecule has 2 rings (SSSR count). The number of carboxylic acids is 1. The normalized spacial score (nSPS) is 23.4. The summed E-state index contributed by atoms with van der Waals surface area (Å²) in [6.45, 7) is 4.33. The Balaban J connectivity index is 1.81. The van der Waals surface area contributed by atoms with Crippen molar-refractivity contribution >= 4 is 5.97 Å². The largest absolute Gasteiger partial charge is 0.477 e. The van der Waals surface area contributed by atoms with Crippen LogP contribution in [-0.4, -0.2) is 40.5 Å². The highest BCUT2D eigenvalue weighted by molar-refractivity contribution is 5.86. The van der Waals surface area contributed by atoms with Crippen molar-refractivity contribution in [2.45, 2.75) is 32.4 Å². The first-order valence-corrected chi connectivity index (χ1v) is 6.30. The van der Waals surface area contributed by atoms with E-state index in [1.54, 1.807) is 6.20 Å². The van der Waals surface area contributed by atoms with Crippen molar-refractivity contribution in [3.05, 3.63) is 17.5 Å². The Morgan fingerprint density at radius 3 is 3.28 bits per heavy atom. The summed E-state index contributed by atoms with van der Waals surface area (Å²) in [5.41, 5.74) is 0.853. The van der Waals surface area contributed by atoms with Gasteiger partial charge in [0.25, 0.3) is 0 Å². The molecule has 0 aliphatic carbocycles. The number of carboxylic acid groups (broad SMARTS) is 1. The fourth-order valence-corrected chi connectivity index (χ4v) is 2.40. The smallest absolute Gasteiger partial charge is 0.354 e. The van der Waals surface area contributed by atoms with Crippen LogP contribution in [0.15, 0.2) is 6.20 Å². The summed E-state index contributed by atoms with van der Waals surface area (Å²) in [5, 5.41) is 18.5. The summed E-state index contributed by atoms with van der Waals surface area (Å²) in [6, 6.07) is 0. The SMILES string of the molecule is CCC1OCCC1CNCc1cn[nH]c1C(=O)O. The molecule has 6 heteroatoms. The topological polar surface area (TPSA) is 87.2 Å². The zero-order valence-corrected chi connectivity index (χ0v) is 10.5. The van der Waals surface area contributed by atoms with Crippen LogP contribution in [0.2, 0.25) is 0 Å². The maximum absolute atomic E-state index is 10.9. The van der Waals surface area contributed by atoms with E-state index < -0.39 is 5.97 Å². The van der Waals surface area contributed by atoms with Crippen LogP contribution in [0, 0.1) is 5.92 Å². The first-order valence-electron chi connectivity index (χ1n) is 6.30. The Labute approximate surface area is 106 Å². The van der Waals surface area contributed by atoms with Crippen molar-refractivity contribution in [3.8, 4) is 0 Å². The zero-order valence-electron chi connectivity index (χ0n) is 10.5. The fraction of sp³-hybridized carbons (Fsp3) is 0.667. The van der Waals surface area contributed by atoms with E-state index in [0.29, 0.717) is 24.1 Å². The van der Waals surface area contributed by atoms with Crippen LogP contribution < -0.4 is 5.32 Å². The van der Waals surface area contributed by atoms with Crippen molar-refractivity contribution in [1.29, 1.82) is 0 Å². The monoisotopic (exact) mass is 253 g/mol. The standard InChI is InChI=1S/C12H19N3O3/c1-2-10-8(3-4-18-10)5-13-6-9-7-14-15-11(9)12(16)17/h7-8,10,13H,2-6H2,1H3,(H,14,15)(H,16,17). The molecule has 1 aromatic heterocycles. The Hall–Kier alpha value is -1.40. The third-order valence-corrected chi connectivity index (χ3v) is 3.40. The minimum absolute atomic E-state index is 0.164. The summed E-state index contributed by atoms with van der Waals surface area (Å²) in [6.07, 6.45) is 3.99. The Morgan fingerprint density at radius 2 is 2.56 bits per heavy atom. The van der Waals surface area contributed by atoms with Gasteiger partial charge in [0.1, 0.15) is 5.69 Å². The van der Waals surface area contributed by atoms with Crippen molar-refractivity contribution in [2.75, 3.05) is 13.2 Å². The van der Waals surface area contributed by atoms with Crippen LogP contribution in [0.4, 0.5) is 0 Å². The van der Waals surface area contributed by atoms with E-state index in [4.69, 9.17) is 9.84 Å². The maximum Gasteiger partial charge on any atom is 0.354 e. The highest BCUT2D eigenvalue weighted by atomic mass is 16.5. The van der Waals surface area contributed by atoms with Gasteiger partial charge in [-0.15, -0.1) is 0 Å². The number of aromatic carboxylic acids is 1. The number of ether oxygens (including phenoxy) is 1. The molecular formula is C12H19N3O3. The lowest BCUT2D eigenvalue weighted by Crippen LogP contribution is -2.28. The van der Waals surface area contributed by atoms with Crippen LogP contribution in [0.5, 0.6) is 0 Å². The summed E-state index contributed by atoms with van der Waals surface area (Å²) in [5.74, 6) is -0.449. The number of aromatic nitrogens is 2. The Morgan fingerprint density at radius 1 is 1.72 bits per heavy atom. The fourth-order valence-electron chi connectivity index (χ4n) is 2.40. The average Bonchev–Trinajstić information content (AvgIpc) is 2.97. The highest BCUT2D eigenvalue weighted by Crippen LogP contribution is 2.22. The second kappa shape index (κ2) is 5.97. The van der Waals surface area contributed by atoms with Crippen LogP contribution >= 0.6 is 0 Å². The van der Waals surface area contributed by atoms with E-state index in [1.165, 1.54) is 0 Å². The molecule has 0 radical (unpaired) electrons. The molecule has 2 atom stereocenters. The molecule has 1 aromatic rings. The molecule has 18 heavy (non-hydrogen) atoms. The lowest BCUT2D eigenvalue weighted by Gasteiger charge is -2.17. The zero-order chi connectivity index (χ0) is 13.0. The van der Waals surface area contributed by atoms with Gasteiger partial charge < -0.3 is 15.2 Å². The quantitative estimate of drug-likeness (QED) is 0.704. The summed E-state index contributed by atoms with van der Waals surface area (Å²) >= 11 is 0. The molecule has 2 heterocycles. The predicted octanol–water partition coefficient (Wildman–Crippen LogP) is 1.01. The number of H-pyrrole nitrogens is 1. The second-order valence-corrected chi connectivity index (χ2v) is 4.57. The van der Waals surface area contributed by atoms with Gasteiger partial charge in [0.15, 0.2) is 0 Å². The third kappa shape index (κ3) is 2.88. The molecule has 0 bridgehead atoms. The maximum atomic E-state index is 10.9. The minimum atomic E-state index is -0.972. The van der Waals surface area contributed by atoms with Crippen molar-refractivity contribution < 1.29 is 14.6 Å².